The molecule has 0 aliphatic rings. The molecule has 2 heterocycles. The number of rotatable bonds is 3. The van der Waals surface area contributed by atoms with Gasteiger partial charge in [-0.2, -0.15) is 0 Å². The number of aryl methyl sites for hydroxylation is 1. The molecule has 0 spiro atoms. The standard InChI is InChI=1S/C17H12Br2N4S/c1-23-14-7-6-12(19)8-13(14)15-16(23)20-17(22-21-15)24-9-10-2-4-11(18)5-3-10/h2-8H,9H2,1H3. The van der Waals surface area contributed by atoms with Gasteiger partial charge in [0.15, 0.2) is 5.65 Å². The van der Waals surface area contributed by atoms with Gasteiger partial charge in [0.05, 0.1) is 5.52 Å². The SMILES string of the molecule is Cn1c2ccc(Br)cc2c2nnc(SCc3ccc(Br)cc3)nc21. The van der Waals surface area contributed by atoms with Crippen molar-refractivity contribution in [1.82, 2.24) is 19.7 Å². The molecule has 0 saturated heterocycles. The van der Waals surface area contributed by atoms with Gasteiger partial charge in [0, 0.05) is 27.1 Å². The summed E-state index contributed by atoms with van der Waals surface area (Å²) >= 11 is 8.56. The van der Waals surface area contributed by atoms with Crippen LogP contribution in [0.3, 0.4) is 0 Å². The number of halogens is 2. The predicted molar refractivity (Wildman–Crippen MR) is 105 cm³/mol. The summed E-state index contributed by atoms with van der Waals surface area (Å²) in [5, 5.41) is 10.5. The fraction of sp³-hybridized carbons (Fsp3) is 0.118. The third-order valence-corrected chi connectivity index (χ3v) is 5.75. The fourth-order valence-electron chi connectivity index (χ4n) is 2.61. The van der Waals surface area contributed by atoms with Crippen LogP contribution in [0.2, 0.25) is 0 Å². The van der Waals surface area contributed by atoms with E-state index < -0.39 is 0 Å². The van der Waals surface area contributed by atoms with Gasteiger partial charge in [0.25, 0.3) is 0 Å². The second kappa shape index (κ2) is 6.46. The van der Waals surface area contributed by atoms with E-state index in [1.165, 1.54) is 5.56 Å². The van der Waals surface area contributed by atoms with E-state index in [1.54, 1.807) is 11.8 Å². The van der Waals surface area contributed by atoms with E-state index in [1.807, 2.05) is 25.2 Å². The molecule has 0 radical (unpaired) electrons. The van der Waals surface area contributed by atoms with E-state index in [0.717, 1.165) is 36.8 Å². The number of hydrogen-bond donors (Lipinski definition) is 0. The van der Waals surface area contributed by atoms with Crippen LogP contribution in [0, 0.1) is 0 Å². The molecule has 0 fully saturated rings. The van der Waals surface area contributed by atoms with Crippen LogP contribution in [0.1, 0.15) is 5.56 Å². The smallest absolute Gasteiger partial charge is 0.211 e. The zero-order valence-corrected chi connectivity index (χ0v) is 16.7. The van der Waals surface area contributed by atoms with E-state index in [4.69, 9.17) is 4.98 Å². The largest absolute Gasteiger partial charge is 0.327 e. The minimum Gasteiger partial charge on any atom is -0.327 e. The molecule has 7 heteroatoms. The average molecular weight is 464 g/mol. The summed E-state index contributed by atoms with van der Waals surface area (Å²) in [5.74, 6) is 0.815. The minimum absolute atomic E-state index is 0.690. The monoisotopic (exact) mass is 462 g/mol. The van der Waals surface area contributed by atoms with Gasteiger partial charge in [-0.05, 0) is 35.9 Å². The summed E-state index contributed by atoms with van der Waals surface area (Å²) in [5.41, 5.74) is 4.02. The Morgan fingerprint density at radius 2 is 1.75 bits per heavy atom. The number of thioether (sulfide) groups is 1. The summed E-state index contributed by atoms with van der Waals surface area (Å²) in [6, 6.07) is 14.4. The van der Waals surface area contributed by atoms with Crippen LogP contribution >= 0.6 is 43.6 Å². The van der Waals surface area contributed by atoms with Crippen molar-refractivity contribution in [2.75, 3.05) is 0 Å². The van der Waals surface area contributed by atoms with Crippen molar-refractivity contribution in [3.8, 4) is 0 Å². The lowest BCUT2D eigenvalue weighted by Crippen LogP contribution is -1.95. The number of aromatic nitrogens is 4. The van der Waals surface area contributed by atoms with Gasteiger partial charge in [0.2, 0.25) is 5.16 Å². The van der Waals surface area contributed by atoms with Crippen molar-refractivity contribution in [2.45, 2.75) is 10.9 Å². The normalized spacial score (nSPS) is 11.5. The quantitative estimate of drug-likeness (QED) is 0.385. The highest BCUT2D eigenvalue weighted by Gasteiger charge is 2.13. The lowest BCUT2D eigenvalue weighted by Gasteiger charge is -2.01. The van der Waals surface area contributed by atoms with E-state index in [9.17, 15) is 0 Å². The average Bonchev–Trinajstić information content (AvgIpc) is 2.86. The molecular weight excluding hydrogens is 452 g/mol. The number of hydrogen-bond acceptors (Lipinski definition) is 4. The Hall–Kier alpha value is -1.44. The molecule has 24 heavy (non-hydrogen) atoms. The van der Waals surface area contributed by atoms with Crippen LogP contribution in [-0.4, -0.2) is 19.7 Å². The molecule has 0 bridgehead atoms. The lowest BCUT2D eigenvalue weighted by molar-refractivity contribution is 0.855. The van der Waals surface area contributed by atoms with Gasteiger partial charge in [-0.25, -0.2) is 4.98 Å². The van der Waals surface area contributed by atoms with Gasteiger partial charge >= 0.3 is 0 Å². The molecule has 4 rings (SSSR count). The molecule has 120 valence electrons. The van der Waals surface area contributed by atoms with Crippen LogP contribution in [0.5, 0.6) is 0 Å². The van der Waals surface area contributed by atoms with Gasteiger partial charge in [-0.3, -0.25) is 0 Å². The van der Waals surface area contributed by atoms with E-state index in [0.29, 0.717) is 5.16 Å². The Balaban J connectivity index is 1.69. The summed E-state index contributed by atoms with van der Waals surface area (Å²) in [7, 11) is 2.01. The summed E-state index contributed by atoms with van der Waals surface area (Å²) in [6.07, 6.45) is 0. The highest BCUT2D eigenvalue weighted by Crippen LogP contribution is 2.29. The number of benzene rings is 2. The second-order valence-electron chi connectivity index (χ2n) is 5.40. The van der Waals surface area contributed by atoms with Crippen molar-refractivity contribution in [3.63, 3.8) is 0 Å². The fourth-order valence-corrected chi connectivity index (χ4v) is 3.97. The van der Waals surface area contributed by atoms with Crippen LogP contribution in [-0.2, 0) is 12.8 Å². The maximum Gasteiger partial charge on any atom is 0.211 e. The predicted octanol–water partition coefficient (Wildman–Crippen LogP) is 5.33. The minimum atomic E-state index is 0.690. The van der Waals surface area contributed by atoms with Gasteiger partial charge < -0.3 is 4.57 Å². The van der Waals surface area contributed by atoms with Crippen molar-refractivity contribution in [3.05, 3.63) is 57.0 Å². The molecular formula is C17H12Br2N4S. The molecule has 2 aromatic carbocycles. The Morgan fingerprint density at radius 3 is 2.54 bits per heavy atom. The summed E-state index contributed by atoms with van der Waals surface area (Å²) in [6.45, 7) is 0. The second-order valence-corrected chi connectivity index (χ2v) is 8.18. The maximum atomic E-state index is 4.70. The lowest BCUT2D eigenvalue weighted by atomic mass is 10.2. The van der Waals surface area contributed by atoms with Crippen molar-refractivity contribution < 1.29 is 0 Å². The van der Waals surface area contributed by atoms with Crippen LogP contribution in [0.4, 0.5) is 0 Å². The van der Waals surface area contributed by atoms with Crippen molar-refractivity contribution in [1.29, 1.82) is 0 Å². The Labute approximate surface area is 159 Å². The number of fused-ring (bicyclic) bond motifs is 3. The summed E-state index contributed by atoms with van der Waals surface area (Å²) in [4.78, 5) is 4.70. The van der Waals surface area contributed by atoms with Gasteiger partial charge in [-0.1, -0.05) is 55.8 Å². The molecule has 4 aromatic rings. The van der Waals surface area contributed by atoms with Gasteiger partial charge in [-0.15, -0.1) is 10.2 Å². The van der Waals surface area contributed by atoms with E-state index in [-0.39, 0.29) is 0 Å². The van der Waals surface area contributed by atoms with Crippen LogP contribution in [0.15, 0.2) is 56.6 Å². The maximum absolute atomic E-state index is 4.70. The first kappa shape index (κ1) is 16.1. The molecule has 4 nitrogen and oxygen atoms in total. The summed E-state index contributed by atoms with van der Waals surface area (Å²) < 4.78 is 4.17. The van der Waals surface area contributed by atoms with Crippen molar-refractivity contribution in [2.24, 2.45) is 7.05 Å². The molecule has 0 atom stereocenters. The first-order chi connectivity index (χ1) is 11.6. The third-order valence-electron chi connectivity index (χ3n) is 3.82. The molecule has 2 aromatic heterocycles. The zero-order valence-electron chi connectivity index (χ0n) is 12.7. The number of nitrogens with zero attached hydrogens (tertiary/aromatic N) is 4. The topological polar surface area (TPSA) is 43.6 Å². The van der Waals surface area contributed by atoms with Crippen LogP contribution in [0.25, 0.3) is 22.1 Å². The molecule has 0 aliphatic heterocycles. The van der Waals surface area contributed by atoms with Crippen molar-refractivity contribution >= 4 is 65.7 Å². The molecule has 0 amide bonds. The Kier molecular flexibility index (Phi) is 4.32. The molecule has 0 unspecified atom stereocenters. The molecule has 0 aliphatic carbocycles. The molecule has 0 N–H and O–H groups in total. The zero-order chi connectivity index (χ0) is 16.7. The molecule has 0 saturated carbocycles. The Morgan fingerprint density at radius 1 is 1.00 bits per heavy atom. The van der Waals surface area contributed by atoms with E-state index in [2.05, 4.69) is 70.9 Å². The highest BCUT2D eigenvalue weighted by atomic mass is 79.9. The first-order valence-electron chi connectivity index (χ1n) is 7.27. The first-order valence-corrected chi connectivity index (χ1v) is 9.84. The van der Waals surface area contributed by atoms with Gasteiger partial charge in [0.1, 0.15) is 5.52 Å². The van der Waals surface area contributed by atoms with Crippen LogP contribution < -0.4 is 0 Å². The Bertz CT molecular complexity index is 1040. The third kappa shape index (κ3) is 2.96. The highest BCUT2D eigenvalue weighted by molar-refractivity contribution is 9.10. The van der Waals surface area contributed by atoms with E-state index >= 15 is 0 Å².